The zero-order chi connectivity index (χ0) is 15.1. The van der Waals surface area contributed by atoms with E-state index in [9.17, 15) is 9.59 Å². The summed E-state index contributed by atoms with van der Waals surface area (Å²) < 4.78 is 0. The Balaban J connectivity index is 2.60. The number of hydrogen-bond acceptors (Lipinski definition) is 3. The van der Waals surface area contributed by atoms with Gasteiger partial charge in [-0.15, -0.1) is 0 Å². The molecule has 1 aromatic rings. The predicted octanol–water partition coefficient (Wildman–Crippen LogP) is 2.96. The Bertz CT molecular complexity index is 491. The van der Waals surface area contributed by atoms with Gasteiger partial charge in [-0.05, 0) is 43.4 Å². The van der Waals surface area contributed by atoms with Crippen molar-refractivity contribution in [3.63, 3.8) is 0 Å². The van der Waals surface area contributed by atoms with Crippen molar-refractivity contribution in [2.45, 2.75) is 26.8 Å². The first-order valence-corrected chi connectivity index (χ1v) is 7.58. The fourth-order valence-electron chi connectivity index (χ4n) is 1.66. The van der Waals surface area contributed by atoms with Crippen LogP contribution in [-0.4, -0.2) is 34.7 Å². The van der Waals surface area contributed by atoms with Crippen LogP contribution in [0.25, 0.3) is 0 Å². The van der Waals surface area contributed by atoms with Crippen LogP contribution in [0, 0.1) is 6.92 Å². The number of carbonyl (C=O) groups is 2. The van der Waals surface area contributed by atoms with Crippen LogP contribution in [0.1, 0.15) is 29.8 Å². The number of amides is 2. The minimum atomic E-state index is -0.977. The highest BCUT2D eigenvalue weighted by Gasteiger charge is 2.10. The van der Waals surface area contributed by atoms with Gasteiger partial charge in [-0.1, -0.05) is 6.92 Å². The Morgan fingerprint density at radius 2 is 2.10 bits per heavy atom. The summed E-state index contributed by atoms with van der Waals surface area (Å²) in [4.78, 5) is 22.6. The summed E-state index contributed by atoms with van der Waals surface area (Å²) >= 11 is 1.77. The summed E-state index contributed by atoms with van der Waals surface area (Å²) in [5.74, 6) is 0.902. The quantitative estimate of drug-likeness (QED) is 0.754. The van der Waals surface area contributed by atoms with E-state index in [1.165, 1.54) is 12.1 Å². The highest BCUT2D eigenvalue weighted by molar-refractivity contribution is 7.99. The third-order valence-corrected chi connectivity index (χ3v) is 3.81. The molecule has 0 fully saturated rings. The SMILES string of the molecule is CCSCC(C)NC(=O)Nc1ccc(C(=O)O)cc1C. The molecule has 0 aromatic heterocycles. The summed E-state index contributed by atoms with van der Waals surface area (Å²) in [6.07, 6.45) is 0. The summed E-state index contributed by atoms with van der Waals surface area (Å²) in [7, 11) is 0. The molecule has 1 aromatic carbocycles. The molecule has 0 aliphatic rings. The predicted molar refractivity (Wildman–Crippen MR) is 82.8 cm³/mol. The van der Waals surface area contributed by atoms with Gasteiger partial charge in [0.05, 0.1) is 5.56 Å². The van der Waals surface area contributed by atoms with Crippen LogP contribution < -0.4 is 10.6 Å². The zero-order valence-electron chi connectivity index (χ0n) is 11.9. The Morgan fingerprint density at radius 1 is 1.40 bits per heavy atom. The van der Waals surface area contributed by atoms with Gasteiger partial charge in [-0.2, -0.15) is 11.8 Å². The van der Waals surface area contributed by atoms with Crippen molar-refractivity contribution in [2.75, 3.05) is 16.8 Å². The van der Waals surface area contributed by atoms with Crippen LogP contribution in [0.2, 0.25) is 0 Å². The maximum absolute atomic E-state index is 11.8. The molecule has 5 nitrogen and oxygen atoms in total. The van der Waals surface area contributed by atoms with Crippen LogP contribution in [-0.2, 0) is 0 Å². The van der Waals surface area contributed by atoms with Crippen LogP contribution in [0.15, 0.2) is 18.2 Å². The fourth-order valence-corrected chi connectivity index (χ4v) is 2.33. The number of hydrogen-bond donors (Lipinski definition) is 3. The van der Waals surface area contributed by atoms with Crippen molar-refractivity contribution in [1.29, 1.82) is 0 Å². The molecule has 0 aliphatic carbocycles. The molecule has 0 heterocycles. The Hall–Kier alpha value is -1.69. The smallest absolute Gasteiger partial charge is 0.335 e. The Labute approximate surface area is 123 Å². The molecule has 0 bridgehead atoms. The highest BCUT2D eigenvalue weighted by atomic mass is 32.2. The van der Waals surface area contributed by atoms with E-state index >= 15 is 0 Å². The van der Waals surface area contributed by atoms with E-state index in [2.05, 4.69) is 17.6 Å². The van der Waals surface area contributed by atoms with E-state index in [0.717, 1.165) is 17.1 Å². The lowest BCUT2D eigenvalue weighted by molar-refractivity contribution is 0.0697. The molecule has 0 radical (unpaired) electrons. The van der Waals surface area contributed by atoms with E-state index in [1.54, 1.807) is 24.8 Å². The van der Waals surface area contributed by atoms with Gasteiger partial charge in [0, 0.05) is 17.5 Å². The molecular formula is C14H20N2O3S. The second-order valence-corrected chi connectivity index (χ2v) is 5.81. The first kappa shape index (κ1) is 16.4. The molecule has 0 saturated carbocycles. The number of anilines is 1. The molecule has 0 saturated heterocycles. The van der Waals surface area contributed by atoms with Crippen molar-refractivity contribution < 1.29 is 14.7 Å². The Morgan fingerprint density at radius 3 is 2.65 bits per heavy atom. The monoisotopic (exact) mass is 296 g/mol. The van der Waals surface area contributed by atoms with Crippen molar-refractivity contribution in [3.05, 3.63) is 29.3 Å². The molecular weight excluding hydrogens is 276 g/mol. The molecule has 0 spiro atoms. The third kappa shape index (κ3) is 5.13. The largest absolute Gasteiger partial charge is 0.478 e. The maximum atomic E-state index is 11.8. The lowest BCUT2D eigenvalue weighted by Gasteiger charge is -2.15. The number of aryl methyl sites for hydroxylation is 1. The van der Waals surface area contributed by atoms with Crippen LogP contribution in [0.4, 0.5) is 10.5 Å². The second-order valence-electron chi connectivity index (χ2n) is 4.49. The molecule has 20 heavy (non-hydrogen) atoms. The van der Waals surface area contributed by atoms with Crippen molar-refractivity contribution >= 4 is 29.4 Å². The topological polar surface area (TPSA) is 78.4 Å². The maximum Gasteiger partial charge on any atom is 0.335 e. The van der Waals surface area contributed by atoms with Gasteiger partial charge in [0.2, 0.25) is 0 Å². The third-order valence-electron chi connectivity index (χ3n) is 2.67. The molecule has 3 N–H and O–H groups in total. The first-order chi connectivity index (χ1) is 9.43. The molecule has 1 unspecified atom stereocenters. The number of nitrogens with one attached hydrogen (secondary N) is 2. The van der Waals surface area contributed by atoms with Gasteiger partial charge in [0.15, 0.2) is 0 Å². The fraction of sp³-hybridized carbons (Fsp3) is 0.429. The number of carboxylic acids is 1. The average molecular weight is 296 g/mol. The van der Waals surface area contributed by atoms with E-state index in [-0.39, 0.29) is 17.6 Å². The van der Waals surface area contributed by atoms with Gasteiger partial charge >= 0.3 is 12.0 Å². The number of aromatic carboxylic acids is 1. The normalized spacial score (nSPS) is 11.8. The van der Waals surface area contributed by atoms with Crippen LogP contribution >= 0.6 is 11.8 Å². The second kappa shape index (κ2) is 7.79. The van der Waals surface area contributed by atoms with Gasteiger partial charge in [-0.25, -0.2) is 9.59 Å². The zero-order valence-corrected chi connectivity index (χ0v) is 12.7. The summed E-state index contributed by atoms with van der Waals surface area (Å²) in [6.45, 7) is 5.78. The van der Waals surface area contributed by atoms with E-state index in [0.29, 0.717) is 5.69 Å². The van der Waals surface area contributed by atoms with Gasteiger partial charge in [0.25, 0.3) is 0 Å². The standard InChI is InChI=1S/C14H20N2O3S/c1-4-20-8-10(3)15-14(19)16-12-6-5-11(13(17)18)7-9(12)2/h5-7,10H,4,8H2,1-3H3,(H,17,18)(H2,15,16,19). The van der Waals surface area contributed by atoms with Gasteiger partial charge in [0.1, 0.15) is 0 Å². The minimum Gasteiger partial charge on any atom is -0.478 e. The lowest BCUT2D eigenvalue weighted by atomic mass is 10.1. The van der Waals surface area contributed by atoms with Crippen LogP contribution in [0.3, 0.4) is 0 Å². The van der Waals surface area contributed by atoms with Crippen molar-refractivity contribution in [2.24, 2.45) is 0 Å². The molecule has 6 heteroatoms. The minimum absolute atomic E-state index is 0.0820. The number of thioether (sulfide) groups is 1. The first-order valence-electron chi connectivity index (χ1n) is 6.43. The summed E-state index contributed by atoms with van der Waals surface area (Å²) in [6, 6.07) is 4.42. The summed E-state index contributed by atoms with van der Waals surface area (Å²) in [5, 5.41) is 14.5. The van der Waals surface area contributed by atoms with E-state index < -0.39 is 5.97 Å². The number of carbonyl (C=O) groups excluding carboxylic acids is 1. The molecule has 1 atom stereocenters. The molecule has 1 rings (SSSR count). The van der Waals surface area contributed by atoms with Crippen molar-refractivity contribution in [1.82, 2.24) is 5.32 Å². The number of carboxylic acid groups (broad SMARTS) is 1. The number of urea groups is 1. The Kier molecular flexibility index (Phi) is 6.38. The van der Waals surface area contributed by atoms with Crippen LogP contribution in [0.5, 0.6) is 0 Å². The lowest BCUT2D eigenvalue weighted by Crippen LogP contribution is -2.37. The van der Waals surface area contributed by atoms with E-state index in [4.69, 9.17) is 5.11 Å². The number of rotatable bonds is 6. The van der Waals surface area contributed by atoms with E-state index in [1.807, 2.05) is 6.92 Å². The summed E-state index contributed by atoms with van der Waals surface area (Å²) in [5.41, 5.74) is 1.54. The molecule has 2 amide bonds. The van der Waals surface area contributed by atoms with Gasteiger partial charge in [-0.3, -0.25) is 0 Å². The molecule has 0 aliphatic heterocycles. The number of benzene rings is 1. The highest BCUT2D eigenvalue weighted by Crippen LogP contribution is 2.16. The van der Waals surface area contributed by atoms with Gasteiger partial charge < -0.3 is 15.7 Å². The molecule has 110 valence electrons. The van der Waals surface area contributed by atoms with Crippen molar-refractivity contribution in [3.8, 4) is 0 Å². The average Bonchev–Trinajstić information content (AvgIpc) is 2.38.